The van der Waals surface area contributed by atoms with E-state index in [4.69, 9.17) is 9.47 Å². The lowest BCUT2D eigenvalue weighted by Gasteiger charge is -2.20. The first kappa shape index (κ1) is 13.5. The van der Waals surface area contributed by atoms with Crippen molar-refractivity contribution in [2.45, 2.75) is 19.6 Å². The first-order valence-electron chi connectivity index (χ1n) is 5.49. The number of methoxy groups -OCH3 is 2. The summed E-state index contributed by atoms with van der Waals surface area (Å²) in [5, 5.41) is 0. The van der Waals surface area contributed by atoms with Gasteiger partial charge >= 0.3 is 0 Å². The number of hydrogen-bond acceptors (Lipinski definition) is 3. The fourth-order valence-corrected chi connectivity index (χ4v) is 1.53. The van der Waals surface area contributed by atoms with Crippen molar-refractivity contribution in [2.24, 2.45) is 0 Å². The van der Waals surface area contributed by atoms with Gasteiger partial charge in [-0.1, -0.05) is 12.1 Å². The normalized spacial score (nSPS) is 12.0. The van der Waals surface area contributed by atoms with Crippen molar-refractivity contribution in [1.29, 1.82) is 0 Å². The maximum atomic E-state index is 11.8. The van der Waals surface area contributed by atoms with E-state index in [9.17, 15) is 4.79 Å². The maximum Gasteiger partial charge on any atom is 0.251 e. The largest absolute Gasteiger partial charge is 0.497 e. The molecular weight excluding hydrogens is 218 g/mol. The van der Waals surface area contributed by atoms with Crippen LogP contribution in [0.25, 0.3) is 0 Å². The first-order chi connectivity index (χ1) is 8.08. The summed E-state index contributed by atoms with van der Waals surface area (Å²) in [5.74, 6) is 0.762. The van der Waals surface area contributed by atoms with E-state index >= 15 is 0 Å². The molecule has 0 aromatic heterocycles. The number of rotatable bonds is 5. The molecular formula is C13H19NO3. The Morgan fingerprint density at radius 1 is 1.41 bits per heavy atom. The van der Waals surface area contributed by atoms with Crippen LogP contribution in [0.3, 0.4) is 0 Å². The van der Waals surface area contributed by atoms with Crippen LogP contribution in [-0.2, 0) is 16.1 Å². The van der Waals surface area contributed by atoms with Gasteiger partial charge in [-0.25, -0.2) is 0 Å². The topological polar surface area (TPSA) is 38.8 Å². The maximum absolute atomic E-state index is 11.8. The lowest BCUT2D eigenvalue weighted by atomic mass is 10.2. The second-order valence-electron chi connectivity index (χ2n) is 3.92. The minimum atomic E-state index is -0.411. The highest BCUT2D eigenvalue weighted by Gasteiger charge is 2.16. The summed E-state index contributed by atoms with van der Waals surface area (Å²) < 4.78 is 10.1. The van der Waals surface area contributed by atoms with Crippen LogP contribution < -0.4 is 4.74 Å². The zero-order valence-corrected chi connectivity index (χ0v) is 10.8. The number of nitrogens with zero attached hydrogens (tertiary/aromatic N) is 1. The standard InChI is InChI=1S/C13H19NO3/c1-10(16-3)13(15)14(2)9-11-6-5-7-12(8-11)17-4/h5-8,10H,9H2,1-4H3. The quantitative estimate of drug-likeness (QED) is 0.782. The molecule has 0 N–H and O–H groups in total. The third kappa shape index (κ3) is 3.75. The molecule has 0 saturated heterocycles. The number of hydrogen-bond donors (Lipinski definition) is 0. The number of amides is 1. The summed E-state index contributed by atoms with van der Waals surface area (Å²) in [6.07, 6.45) is -0.411. The monoisotopic (exact) mass is 237 g/mol. The highest BCUT2D eigenvalue weighted by Crippen LogP contribution is 2.14. The van der Waals surface area contributed by atoms with E-state index in [1.807, 2.05) is 24.3 Å². The van der Waals surface area contributed by atoms with Gasteiger partial charge in [0.1, 0.15) is 11.9 Å². The van der Waals surface area contributed by atoms with Gasteiger partial charge in [-0.05, 0) is 24.6 Å². The summed E-state index contributed by atoms with van der Waals surface area (Å²) in [6.45, 7) is 2.29. The van der Waals surface area contributed by atoms with Gasteiger partial charge in [0.15, 0.2) is 0 Å². The fraction of sp³-hybridized carbons (Fsp3) is 0.462. The first-order valence-corrected chi connectivity index (χ1v) is 5.49. The van der Waals surface area contributed by atoms with E-state index in [1.54, 1.807) is 26.0 Å². The molecule has 0 aliphatic rings. The molecule has 0 aliphatic heterocycles. The van der Waals surface area contributed by atoms with Crippen LogP contribution in [0.15, 0.2) is 24.3 Å². The molecule has 1 aromatic carbocycles. The van der Waals surface area contributed by atoms with Gasteiger partial charge in [0.2, 0.25) is 0 Å². The Kier molecular flexibility index (Phi) is 4.97. The number of likely N-dealkylation sites (N-methyl/N-ethyl adjacent to an activating group) is 1. The van der Waals surface area contributed by atoms with E-state index in [0.29, 0.717) is 6.54 Å². The molecule has 0 spiro atoms. The molecule has 94 valence electrons. The lowest BCUT2D eigenvalue weighted by molar-refractivity contribution is -0.140. The third-order valence-corrected chi connectivity index (χ3v) is 2.63. The van der Waals surface area contributed by atoms with Gasteiger partial charge in [0, 0.05) is 20.7 Å². The van der Waals surface area contributed by atoms with Crippen molar-refractivity contribution in [3.05, 3.63) is 29.8 Å². The fourth-order valence-electron chi connectivity index (χ4n) is 1.53. The van der Waals surface area contributed by atoms with E-state index in [2.05, 4.69) is 0 Å². The number of carbonyl (C=O) groups excluding carboxylic acids is 1. The van der Waals surface area contributed by atoms with Gasteiger partial charge in [-0.2, -0.15) is 0 Å². The summed E-state index contributed by atoms with van der Waals surface area (Å²) in [4.78, 5) is 13.4. The molecule has 1 amide bonds. The van der Waals surface area contributed by atoms with Crippen molar-refractivity contribution in [3.63, 3.8) is 0 Å². The van der Waals surface area contributed by atoms with Crippen LogP contribution in [0.2, 0.25) is 0 Å². The predicted octanol–water partition coefficient (Wildman–Crippen LogP) is 1.69. The molecule has 1 atom stereocenters. The molecule has 17 heavy (non-hydrogen) atoms. The Balaban J connectivity index is 2.67. The zero-order chi connectivity index (χ0) is 12.8. The van der Waals surface area contributed by atoms with E-state index in [-0.39, 0.29) is 5.91 Å². The van der Waals surface area contributed by atoms with Gasteiger partial charge < -0.3 is 14.4 Å². The number of benzene rings is 1. The molecule has 0 aliphatic carbocycles. The van der Waals surface area contributed by atoms with Crippen LogP contribution in [-0.4, -0.2) is 38.2 Å². The predicted molar refractivity (Wildman–Crippen MR) is 65.9 cm³/mol. The Hall–Kier alpha value is -1.55. The number of carbonyl (C=O) groups is 1. The number of ether oxygens (including phenoxy) is 2. The smallest absolute Gasteiger partial charge is 0.251 e. The molecule has 1 unspecified atom stereocenters. The average molecular weight is 237 g/mol. The minimum Gasteiger partial charge on any atom is -0.497 e. The van der Waals surface area contributed by atoms with Crippen molar-refractivity contribution >= 4 is 5.91 Å². The molecule has 1 rings (SSSR count). The van der Waals surface area contributed by atoms with Crippen LogP contribution in [0.4, 0.5) is 0 Å². The third-order valence-electron chi connectivity index (χ3n) is 2.63. The molecule has 0 heterocycles. The van der Waals surface area contributed by atoms with Crippen molar-refractivity contribution < 1.29 is 14.3 Å². The van der Waals surface area contributed by atoms with Gasteiger partial charge in [0.05, 0.1) is 7.11 Å². The van der Waals surface area contributed by atoms with Crippen molar-refractivity contribution in [1.82, 2.24) is 4.90 Å². The average Bonchev–Trinajstić information content (AvgIpc) is 2.37. The minimum absolute atomic E-state index is 0.0321. The molecule has 0 saturated carbocycles. The summed E-state index contributed by atoms with van der Waals surface area (Å²) >= 11 is 0. The SMILES string of the molecule is COc1cccc(CN(C)C(=O)C(C)OC)c1. The second-order valence-corrected chi connectivity index (χ2v) is 3.92. The van der Waals surface area contributed by atoms with Crippen LogP contribution in [0.5, 0.6) is 5.75 Å². The Morgan fingerprint density at radius 3 is 2.71 bits per heavy atom. The molecule has 4 heteroatoms. The van der Waals surface area contributed by atoms with Gasteiger partial charge in [0.25, 0.3) is 5.91 Å². The van der Waals surface area contributed by atoms with E-state index in [0.717, 1.165) is 11.3 Å². The Bertz CT molecular complexity index is 379. The molecule has 0 fully saturated rings. The van der Waals surface area contributed by atoms with Crippen molar-refractivity contribution in [3.8, 4) is 5.75 Å². The summed E-state index contributed by atoms with van der Waals surface area (Å²) in [6, 6.07) is 7.67. The molecule has 1 aromatic rings. The Labute approximate surface area is 102 Å². The second kappa shape index (κ2) is 6.25. The molecule has 0 bridgehead atoms. The van der Waals surface area contributed by atoms with Crippen LogP contribution >= 0.6 is 0 Å². The van der Waals surface area contributed by atoms with E-state index in [1.165, 1.54) is 7.11 Å². The molecule has 0 radical (unpaired) electrons. The van der Waals surface area contributed by atoms with Crippen LogP contribution in [0, 0.1) is 0 Å². The van der Waals surface area contributed by atoms with E-state index < -0.39 is 6.10 Å². The highest BCUT2D eigenvalue weighted by molar-refractivity contribution is 5.80. The Morgan fingerprint density at radius 2 is 2.12 bits per heavy atom. The van der Waals surface area contributed by atoms with Gasteiger partial charge in [-0.3, -0.25) is 4.79 Å². The van der Waals surface area contributed by atoms with Crippen molar-refractivity contribution in [2.75, 3.05) is 21.3 Å². The lowest BCUT2D eigenvalue weighted by Crippen LogP contribution is -2.35. The summed E-state index contributed by atoms with van der Waals surface area (Å²) in [5.41, 5.74) is 1.03. The molecule has 4 nitrogen and oxygen atoms in total. The zero-order valence-electron chi connectivity index (χ0n) is 10.8. The highest BCUT2D eigenvalue weighted by atomic mass is 16.5. The van der Waals surface area contributed by atoms with Gasteiger partial charge in [-0.15, -0.1) is 0 Å². The summed E-state index contributed by atoms with van der Waals surface area (Å²) in [7, 11) is 4.92. The van der Waals surface area contributed by atoms with Crippen LogP contribution in [0.1, 0.15) is 12.5 Å².